The molecule has 0 aliphatic heterocycles. The fourth-order valence-corrected chi connectivity index (χ4v) is 5.46. The molecule has 0 spiro atoms. The average Bonchev–Trinajstić information content (AvgIpc) is 2.93. The van der Waals surface area contributed by atoms with E-state index in [1.54, 1.807) is 13.8 Å². The number of carbonyl (C=O) groups excluding carboxylic acids is 1. The highest BCUT2D eigenvalue weighted by Crippen LogP contribution is 2.47. The molecule has 5 heteroatoms. The van der Waals surface area contributed by atoms with E-state index in [0.29, 0.717) is 25.6 Å². The van der Waals surface area contributed by atoms with Gasteiger partial charge < -0.3 is 19.3 Å². The Morgan fingerprint density at radius 1 is 0.923 bits per heavy atom. The summed E-state index contributed by atoms with van der Waals surface area (Å²) in [5, 5.41) is 10.5. The smallest absolute Gasteiger partial charge is 0.308 e. The van der Waals surface area contributed by atoms with E-state index in [0.717, 1.165) is 43.8 Å². The lowest BCUT2D eigenvalue weighted by atomic mass is 9.69. The van der Waals surface area contributed by atoms with Crippen LogP contribution in [0.4, 0.5) is 0 Å². The van der Waals surface area contributed by atoms with Gasteiger partial charge in [-0.2, -0.15) is 0 Å². The molecule has 1 aliphatic carbocycles. The van der Waals surface area contributed by atoms with Gasteiger partial charge in [-0.3, -0.25) is 4.79 Å². The predicted molar refractivity (Wildman–Crippen MR) is 155 cm³/mol. The van der Waals surface area contributed by atoms with Gasteiger partial charge in [-0.1, -0.05) is 61.9 Å². The van der Waals surface area contributed by atoms with Gasteiger partial charge >= 0.3 is 5.97 Å². The highest BCUT2D eigenvalue weighted by Gasteiger charge is 2.32. The summed E-state index contributed by atoms with van der Waals surface area (Å²) >= 11 is 0. The first kappa shape index (κ1) is 28.7. The Labute approximate surface area is 233 Å². The van der Waals surface area contributed by atoms with Crippen LogP contribution in [0.25, 0.3) is 0 Å². The molecule has 1 unspecified atom stereocenters. The van der Waals surface area contributed by atoms with Crippen molar-refractivity contribution < 1.29 is 24.1 Å². The van der Waals surface area contributed by atoms with E-state index in [-0.39, 0.29) is 12.3 Å². The first-order valence-electron chi connectivity index (χ1n) is 14.3. The van der Waals surface area contributed by atoms with Crippen molar-refractivity contribution >= 4 is 5.97 Å². The van der Waals surface area contributed by atoms with E-state index in [1.807, 2.05) is 12.1 Å². The van der Waals surface area contributed by atoms with Gasteiger partial charge in [0.2, 0.25) is 0 Å². The van der Waals surface area contributed by atoms with E-state index in [9.17, 15) is 9.90 Å². The Kier molecular flexibility index (Phi) is 10.0. The van der Waals surface area contributed by atoms with Crippen molar-refractivity contribution in [2.24, 2.45) is 0 Å². The van der Waals surface area contributed by atoms with Gasteiger partial charge in [0.15, 0.2) is 0 Å². The summed E-state index contributed by atoms with van der Waals surface area (Å²) in [6, 6.07) is 25.8. The van der Waals surface area contributed by atoms with Crippen molar-refractivity contribution in [1.82, 2.24) is 0 Å². The van der Waals surface area contributed by atoms with Crippen molar-refractivity contribution in [3.05, 3.63) is 95.1 Å². The number of unbranched alkanes of at least 4 members (excludes halogenated alkanes) is 1. The maximum atomic E-state index is 11.7. The molecule has 0 bridgehead atoms. The lowest BCUT2D eigenvalue weighted by Crippen LogP contribution is -2.30. The number of aliphatic hydroxyl groups is 1. The third-order valence-electron chi connectivity index (χ3n) is 7.55. The summed E-state index contributed by atoms with van der Waals surface area (Å²) < 4.78 is 16.9. The number of esters is 1. The SMILES string of the molecule is CCCCOc1ccc2c(c1)CC[C@H](c1ccccc1)[C@@H]2c1ccc(OCCC(C)(O)CC(=O)OCC)cc1. The largest absolute Gasteiger partial charge is 0.494 e. The summed E-state index contributed by atoms with van der Waals surface area (Å²) in [4.78, 5) is 11.7. The quantitative estimate of drug-likeness (QED) is 0.187. The monoisotopic (exact) mass is 530 g/mol. The predicted octanol–water partition coefficient (Wildman–Crippen LogP) is 7.20. The average molecular weight is 531 g/mol. The van der Waals surface area contributed by atoms with Crippen LogP contribution in [0.1, 0.15) is 87.0 Å². The Hall–Kier alpha value is -3.31. The fourth-order valence-electron chi connectivity index (χ4n) is 5.46. The number of hydrogen-bond donors (Lipinski definition) is 1. The van der Waals surface area contributed by atoms with Crippen LogP contribution in [0, 0.1) is 0 Å². The topological polar surface area (TPSA) is 65.0 Å². The lowest BCUT2D eigenvalue weighted by molar-refractivity contribution is -0.148. The molecule has 3 aromatic rings. The molecule has 0 amide bonds. The minimum absolute atomic E-state index is 0.0452. The summed E-state index contributed by atoms with van der Waals surface area (Å²) in [6.07, 6.45) is 4.58. The van der Waals surface area contributed by atoms with E-state index < -0.39 is 11.6 Å². The lowest BCUT2D eigenvalue weighted by Gasteiger charge is -2.35. The van der Waals surface area contributed by atoms with Gasteiger partial charge in [0.1, 0.15) is 11.5 Å². The van der Waals surface area contributed by atoms with E-state index in [2.05, 4.69) is 67.6 Å². The molecule has 3 atom stereocenters. The first-order valence-corrected chi connectivity index (χ1v) is 14.3. The molecule has 39 heavy (non-hydrogen) atoms. The Morgan fingerprint density at radius 2 is 1.64 bits per heavy atom. The second-order valence-electron chi connectivity index (χ2n) is 10.7. The highest BCUT2D eigenvalue weighted by molar-refractivity contribution is 5.70. The van der Waals surface area contributed by atoms with E-state index >= 15 is 0 Å². The van der Waals surface area contributed by atoms with Gasteiger partial charge in [-0.25, -0.2) is 0 Å². The molecule has 4 rings (SSSR count). The van der Waals surface area contributed by atoms with Crippen molar-refractivity contribution in [3.8, 4) is 11.5 Å². The number of fused-ring (bicyclic) bond motifs is 1. The van der Waals surface area contributed by atoms with Crippen LogP contribution in [0.3, 0.4) is 0 Å². The minimum Gasteiger partial charge on any atom is -0.494 e. The van der Waals surface area contributed by atoms with Crippen LogP contribution in [0.15, 0.2) is 72.8 Å². The highest BCUT2D eigenvalue weighted by atomic mass is 16.5. The molecule has 0 aromatic heterocycles. The van der Waals surface area contributed by atoms with Crippen LogP contribution in [-0.2, 0) is 16.0 Å². The molecule has 1 aliphatic rings. The zero-order valence-corrected chi connectivity index (χ0v) is 23.5. The summed E-state index contributed by atoms with van der Waals surface area (Å²) in [7, 11) is 0. The maximum absolute atomic E-state index is 11.7. The molecule has 0 fully saturated rings. The van der Waals surface area contributed by atoms with Gasteiger partial charge in [-0.05, 0) is 85.5 Å². The standard InChI is InChI=1S/C34H42O5/c1-4-6-21-38-29-17-19-31-27(23-29)14-18-30(25-10-8-7-9-11-25)33(31)26-12-15-28(16-13-26)39-22-20-34(3,36)24-32(35)37-5-2/h7-13,15-17,19,23,30,33,36H,4-6,14,18,20-22,24H2,1-3H3/t30-,33+,34?/m1/s1. The van der Waals surface area contributed by atoms with Crippen molar-refractivity contribution in [1.29, 1.82) is 0 Å². The second-order valence-corrected chi connectivity index (χ2v) is 10.7. The van der Waals surface area contributed by atoms with Crippen molar-refractivity contribution in [2.75, 3.05) is 19.8 Å². The van der Waals surface area contributed by atoms with Gasteiger partial charge in [-0.15, -0.1) is 0 Å². The summed E-state index contributed by atoms with van der Waals surface area (Å²) in [5.41, 5.74) is 4.18. The first-order chi connectivity index (χ1) is 18.9. The van der Waals surface area contributed by atoms with Crippen LogP contribution >= 0.6 is 0 Å². The normalized spacial score (nSPS) is 18.1. The Morgan fingerprint density at radius 3 is 2.36 bits per heavy atom. The van der Waals surface area contributed by atoms with Crippen molar-refractivity contribution in [3.63, 3.8) is 0 Å². The molecule has 0 radical (unpaired) electrons. The zero-order chi connectivity index (χ0) is 27.7. The Bertz CT molecular complexity index is 1190. The fraction of sp³-hybridized carbons (Fsp3) is 0.441. The van der Waals surface area contributed by atoms with Gasteiger partial charge in [0, 0.05) is 12.3 Å². The van der Waals surface area contributed by atoms with Crippen molar-refractivity contribution in [2.45, 2.75) is 76.7 Å². The molecule has 3 aromatic carbocycles. The van der Waals surface area contributed by atoms with Crippen LogP contribution < -0.4 is 9.47 Å². The molecular weight excluding hydrogens is 488 g/mol. The molecule has 1 N–H and O–H groups in total. The molecular formula is C34H42O5. The Balaban J connectivity index is 1.50. The van der Waals surface area contributed by atoms with Crippen LogP contribution in [0.5, 0.6) is 11.5 Å². The number of aryl methyl sites for hydroxylation is 1. The molecule has 0 saturated carbocycles. The zero-order valence-electron chi connectivity index (χ0n) is 23.5. The number of hydrogen-bond acceptors (Lipinski definition) is 5. The molecule has 0 heterocycles. The molecule has 0 saturated heterocycles. The molecule has 208 valence electrons. The number of benzene rings is 3. The minimum atomic E-state index is -1.17. The van der Waals surface area contributed by atoms with Gasteiger partial charge in [0.05, 0.1) is 31.8 Å². The van der Waals surface area contributed by atoms with E-state index in [4.69, 9.17) is 14.2 Å². The second kappa shape index (κ2) is 13.7. The van der Waals surface area contributed by atoms with Crippen LogP contribution in [0.2, 0.25) is 0 Å². The number of carbonyl (C=O) groups is 1. The summed E-state index contributed by atoms with van der Waals surface area (Å²) in [6.45, 7) is 6.95. The molecule has 5 nitrogen and oxygen atoms in total. The number of rotatable bonds is 13. The van der Waals surface area contributed by atoms with Gasteiger partial charge in [0.25, 0.3) is 0 Å². The number of ether oxygens (including phenoxy) is 3. The maximum Gasteiger partial charge on any atom is 0.308 e. The summed E-state index contributed by atoms with van der Waals surface area (Å²) in [5.74, 6) is 1.93. The van der Waals surface area contributed by atoms with Crippen LogP contribution in [-0.4, -0.2) is 36.5 Å². The third kappa shape index (κ3) is 7.86. The van der Waals surface area contributed by atoms with E-state index in [1.165, 1.54) is 22.3 Å². The third-order valence-corrected chi connectivity index (χ3v) is 7.55.